The second-order valence-corrected chi connectivity index (χ2v) is 6.62. The Hall–Kier alpha value is -0.180. The van der Waals surface area contributed by atoms with Crippen LogP contribution in [0.5, 0.6) is 0 Å². The Morgan fingerprint density at radius 2 is 1.95 bits per heavy atom. The van der Waals surface area contributed by atoms with Crippen molar-refractivity contribution in [2.24, 2.45) is 0 Å². The highest BCUT2D eigenvalue weighted by atomic mass is 35.5. The summed E-state index contributed by atoms with van der Waals surface area (Å²) in [5.74, 6) is 3.11. The number of rotatable bonds is 10. The Morgan fingerprint density at radius 3 is 2.58 bits per heavy atom. The van der Waals surface area contributed by atoms with E-state index in [1.54, 1.807) is 0 Å². The van der Waals surface area contributed by atoms with Crippen LogP contribution in [0.2, 0.25) is 5.02 Å². The summed E-state index contributed by atoms with van der Waals surface area (Å²) in [6.45, 7) is 6.62. The Morgan fingerprint density at radius 1 is 1.21 bits per heavy atom. The summed E-state index contributed by atoms with van der Waals surface area (Å²) >= 11 is 8.00. The van der Waals surface area contributed by atoms with Crippen LogP contribution in [0.3, 0.4) is 0 Å². The first-order chi connectivity index (χ1) is 9.27. The molecule has 1 aromatic carbocycles. The van der Waals surface area contributed by atoms with Crippen LogP contribution in [-0.2, 0) is 0 Å². The molecule has 0 saturated heterocycles. The van der Waals surface area contributed by atoms with Gasteiger partial charge in [-0.15, -0.1) is 0 Å². The van der Waals surface area contributed by atoms with Gasteiger partial charge in [-0.1, -0.05) is 37.6 Å². The fraction of sp³-hybridized carbons (Fsp3) is 0.625. The number of hydrogen-bond acceptors (Lipinski definition) is 2. The molecule has 0 aliphatic rings. The molecule has 0 aromatic heterocycles. The summed E-state index contributed by atoms with van der Waals surface area (Å²) < 4.78 is 0. The summed E-state index contributed by atoms with van der Waals surface area (Å²) in [5.41, 5.74) is 1.41. The first-order valence-corrected chi connectivity index (χ1v) is 8.85. The van der Waals surface area contributed by atoms with Crippen LogP contribution < -0.4 is 5.32 Å². The lowest BCUT2D eigenvalue weighted by atomic mass is 9.94. The van der Waals surface area contributed by atoms with Gasteiger partial charge in [0.05, 0.1) is 0 Å². The van der Waals surface area contributed by atoms with Gasteiger partial charge in [-0.2, -0.15) is 11.8 Å². The molecule has 0 fully saturated rings. The summed E-state index contributed by atoms with van der Waals surface area (Å²) in [7, 11) is 0. The molecular formula is C16H26ClNS. The molecule has 0 radical (unpaired) electrons. The quantitative estimate of drug-likeness (QED) is 0.613. The van der Waals surface area contributed by atoms with Gasteiger partial charge in [0, 0.05) is 11.6 Å². The molecule has 0 saturated carbocycles. The smallest absolute Gasteiger partial charge is 0.0406 e. The Labute approximate surface area is 127 Å². The second kappa shape index (κ2) is 10.6. The van der Waals surface area contributed by atoms with E-state index in [4.69, 9.17) is 11.6 Å². The van der Waals surface area contributed by atoms with E-state index >= 15 is 0 Å². The zero-order valence-electron chi connectivity index (χ0n) is 12.1. The molecule has 1 unspecified atom stereocenters. The van der Waals surface area contributed by atoms with E-state index in [1.165, 1.54) is 36.3 Å². The molecule has 0 aliphatic carbocycles. The lowest BCUT2D eigenvalue weighted by molar-refractivity contribution is 0.544. The van der Waals surface area contributed by atoms with Crippen LogP contribution in [0.4, 0.5) is 0 Å². The highest BCUT2D eigenvalue weighted by Gasteiger charge is 2.10. The van der Waals surface area contributed by atoms with Crippen molar-refractivity contribution in [3.63, 3.8) is 0 Å². The first kappa shape index (κ1) is 16.9. The second-order valence-electron chi connectivity index (χ2n) is 4.79. The van der Waals surface area contributed by atoms with E-state index in [0.29, 0.717) is 5.92 Å². The molecule has 0 amide bonds. The molecule has 108 valence electrons. The Bertz CT molecular complexity index is 326. The van der Waals surface area contributed by atoms with Crippen molar-refractivity contribution in [1.82, 2.24) is 5.32 Å². The number of halogens is 1. The predicted octanol–water partition coefficient (Wildman–Crippen LogP) is 4.96. The fourth-order valence-corrected chi connectivity index (χ4v) is 2.94. The third-order valence-electron chi connectivity index (χ3n) is 3.20. The first-order valence-electron chi connectivity index (χ1n) is 7.31. The van der Waals surface area contributed by atoms with E-state index in [-0.39, 0.29) is 0 Å². The minimum atomic E-state index is 0.612. The van der Waals surface area contributed by atoms with E-state index < -0.39 is 0 Å². The van der Waals surface area contributed by atoms with Crippen molar-refractivity contribution >= 4 is 23.4 Å². The van der Waals surface area contributed by atoms with Gasteiger partial charge in [0.25, 0.3) is 0 Å². The Balaban J connectivity index is 2.49. The summed E-state index contributed by atoms with van der Waals surface area (Å²) in [6.07, 6.45) is 3.74. The number of nitrogens with one attached hydrogen (secondary N) is 1. The SMILES string of the molecule is CCCNCC(CCCSCC)c1ccc(Cl)cc1. The van der Waals surface area contributed by atoms with Gasteiger partial charge in [-0.05, 0) is 60.9 Å². The van der Waals surface area contributed by atoms with Gasteiger partial charge < -0.3 is 5.32 Å². The summed E-state index contributed by atoms with van der Waals surface area (Å²) in [6, 6.07) is 8.36. The molecule has 0 bridgehead atoms. The minimum absolute atomic E-state index is 0.612. The van der Waals surface area contributed by atoms with Gasteiger partial charge in [-0.25, -0.2) is 0 Å². The van der Waals surface area contributed by atoms with Crippen LogP contribution in [0.15, 0.2) is 24.3 Å². The molecule has 3 heteroatoms. The molecule has 1 rings (SSSR count). The molecular weight excluding hydrogens is 274 g/mol. The van der Waals surface area contributed by atoms with Crippen molar-refractivity contribution in [1.29, 1.82) is 0 Å². The van der Waals surface area contributed by atoms with E-state index in [0.717, 1.165) is 18.1 Å². The van der Waals surface area contributed by atoms with Gasteiger partial charge in [0.15, 0.2) is 0 Å². The largest absolute Gasteiger partial charge is 0.316 e. The van der Waals surface area contributed by atoms with Crippen molar-refractivity contribution < 1.29 is 0 Å². The number of hydrogen-bond donors (Lipinski definition) is 1. The fourth-order valence-electron chi connectivity index (χ4n) is 2.15. The molecule has 1 N–H and O–H groups in total. The monoisotopic (exact) mass is 299 g/mol. The maximum atomic E-state index is 5.97. The maximum absolute atomic E-state index is 5.97. The number of benzene rings is 1. The average molecular weight is 300 g/mol. The van der Waals surface area contributed by atoms with Gasteiger partial charge in [0.2, 0.25) is 0 Å². The molecule has 19 heavy (non-hydrogen) atoms. The summed E-state index contributed by atoms with van der Waals surface area (Å²) in [5, 5.41) is 4.37. The molecule has 1 atom stereocenters. The van der Waals surface area contributed by atoms with Crippen LogP contribution in [0.1, 0.15) is 44.6 Å². The maximum Gasteiger partial charge on any atom is 0.0406 e. The van der Waals surface area contributed by atoms with Crippen molar-refractivity contribution in [2.75, 3.05) is 24.6 Å². The van der Waals surface area contributed by atoms with Crippen LogP contribution in [0, 0.1) is 0 Å². The zero-order valence-corrected chi connectivity index (χ0v) is 13.7. The van der Waals surface area contributed by atoms with E-state index in [2.05, 4.69) is 31.3 Å². The molecule has 0 spiro atoms. The van der Waals surface area contributed by atoms with E-state index in [9.17, 15) is 0 Å². The van der Waals surface area contributed by atoms with Crippen LogP contribution in [-0.4, -0.2) is 24.6 Å². The molecule has 0 heterocycles. The highest BCUT2D eigenvalue weighted by molar-refractivity contribution is 7.99. The van der Waals surface area contributed by atoms with Crippen molar-refractivity contribution in [3.8, 4) is 0 Å². The van der Waals surface area contributed by atoms with Crippen LogP contribution in [0.25, 0.3) is 0 Å². The van der Waals surface area contributed by atoms with E-state index in [1.807, 2.05) is 23.9 Å². The minimum Gasteiger partial charge on any atom is -0.316 e. The van der Waals surface area contributed by atoms with Crippen LogP contribution >= 0.6 is 23.4 Å². The number of thioether (sulfide) groups is 1. The van der Waals surface area contributed by atoms with Crippen molar-refractivity contribution in [3.05, 3.63) is 34.9 Å². The third-order valence-corrected chi connectivity index (χ3v) is 4.44. The lowest BCUT2D eigenvalue weighted by Gasteiger charge is -2.18. The molecule has 1 nitrogen and oxygen atoms in total. The average Bonchev–Trinajstić information content (AvgIpc) is 2.43. The van der Waals surface area contributed by atoms with Gasteiger partial charge in [0.1, 0.15) is 0 Å². The summed E-state index contributed by atoms with van der Waals surface area (Å²) in [4.78, 5) is 0. The topological polar surface area (TPSA) is 12.0 Å². The van der Waals surface area contributed by atoms with Gasteiger partial charge in [-0.3, -0.25) is 0 Å². The standard InChI is InChI=1S/C16H26ClNS/c1-3-11-18-13-15(6-5-12-19-4-2)14-7-9-16(17)10-8-14/h7-10,15,18H,3-6,11-13H2,1-2H3. The normalized spacial score (nSPS) is 12.6. The third kappa shape index (κ3) is 7.24. The van der Waals surface area contributed by atoms with Gasteiger partial charge >= 0.3 is 0 Å². The van der Waals surface area contributed by atoms with Crippen molar-refractivity contribution in [2.45, 2.75) is 39.0 Å². The zero-order chi connectivity index (χ0) is 13.9. The predicted molar refractivity (Wildman–Crippen MR) is 89.6 cm³/mol. The molecule has 0 aliphatic heterocycles. The highest BCUT2D eigenvalue weighted by Crippen LogP contribution is 2.23. The lowest BCUT2D eigenvalue weighted by Crippen LogP contribution is -2.22. The molecule has 1 aromatic rings. The Kier molecular flexibility index (Phi) is 9.40.